The first-order chi connectivity index (χ1) is 9.45. The average Bonchev–Trinajstić information content (AvgIpc) is 2.98. The van der Waals surface area contributed by atoms with Gasteiger partial charge in [-0.25, -0.2) is 4.98 Å². The fourth-order valence-electron chi connectivity index (χ4n) is 3.20. The van der Waals surface area contributed by atoms with Crippen LogP contribution in [0.25, 0.3) is 0 Å². The van der Waals surface area contributed by atoms with Crippen LogP contribution < -0.4 is 0 Å². The molecule has 1 aliphatic carbocycles. The molecule has 0 spiro atoms. The number of hydrogen-bond donors (Lipinski definition) is 2. The van der Waals surface area contributed by atoms with E-state index in [1.807, 2.05) is 12.3 Å². The van der Waals surface area contributed by atoms with Crippen LogP contribution >= 0.6 is 12.4 Å². The summed E-state index contributed by atoms with van der Waals surface area (Å²) in [4.78, 5) is 7.29. The number of aromatic hydroxyl groups is 1. The molecule has 0 aliphatic heterocycles. The molecular formula is C17H23ClN2O. The number of rotatable bonds is 2. The van der Waals surface area contributed by atoms with E-state index in [9.17, 15) is 5.11 Å². The maximum Gasteiger partial charge on any atom is 0.119 e. The van der Waals surface area contributed by atoms with Gasteiger partial charge in [0.05, 0.1) is 6.33 Å². The molecule has 21 heavy (non-hydrogen) atoms. The summed E-state index contributed by atoms with van der Waals surface area (Å²) in [6.45, 7) is 6.44. The molecule has 1 heterocycles. The van der Waals surface area contributed by atoms with Crippen molar-refractivity contribution in [1.29, 1.82) is 0 Å². The first-order valence-electron chi connectivity index (χ1n) is 7.28. The summed E-state index contributed by atoms with van der Waals surface area (Å²) in [5.74, 6) is 0.977. The van der Waals surface area contributed by atoms with E-state index in [4.69, 9.17) is 0 Å². The van der Waals surface area contributed by atoms with Gasteiger partial charge in [-0.05, 0) is 53.4 Å². The maximum atomic E-state index is 10.2. The second kappa shape index (κ2) is 5.72. The molecule has 4 heteroatoms. The highest BCUT2D eigenvalue weighted by Crippen LogP contribution is 2.41. The lowest BCUT2D eigenvalue weighted by molar-refractivity contribution is 0.446. The SMILES string of the molecule is CC(C)(C)c1cc2c(cc1O)CCC2Cc1cnc[nH]1.Cl. The third-order valence-electron chi connectivity index (χ3n) is 4.29. The maximum absolute atomic E-state index is 10.2. The summed E-state index contributed by atoms with van der Waals surface area (Å²) in [5.41, 5.74) is 4.92. The molecule has 1 aliphatic rings. The fourth-order valence-corrected chi connectivity index (χ4v) is 3.20. The Balaban J connectivity index is 0.00000161. The Kier molecular flexibility index (Phi) is 4.33. The van der Waals surface area contributed by atoms with Gasteiger partial charge in [-0.2, -0.15) is 0 Å². The largest absolute Gasteiger partial charge is 0.508 e. The van der Waals surface area contributed by atoms with Crippen LogP contribution in [-0.4, -0.2) is 15.1 Å². The number of phenolic OH excluding ortho intramolecular Hbond substituents is 1. The normalized spacial score (nSPS) is 17.4. The summed E-state index contributed by atoms with van der Waals surface area (Å²) in [6, 6.07) is 4.20. The van der Waals surface area contributed by atoms with Crippen LogP contribution in [0.5, 0.6) is 5.75 Å². The second-order valence-corrected chi connectivity index (χ2v) is 6.83. The number of aromatic nitrogens is 2. The molecule has 0 bridgehead atoms. The lowest BCUT2D eigenvalue weighted by Gasteiger charge is -2.22. The van der Waals surface area contributed by atoms with E-state index in [2.05, 4.69) is 36.8 Å². The van der Waals surface area contributed by atoms with Crippen molar-refractivity contribution in [3.63, 3.8) is 0 Å². The minimum Gasteiger partial charge on any atom is -0.508 e. The molecule has 3 rings (SSSR count). The standard InChI is InChI=1S/C17H22N2O.ClH/c1-17(2,3)15-8-14-11(6-13-9-18-10-19-13)4-5-12(14)7-16(15)20;/h7-11,20H,4-6H2,1-3H3,(H,18,19);1H. The van der Waals surface area contributed by atoms with Crippen molar-refractivity contribution in [2.75, 3.05) is 0 Å². The van der Waals surface area contributed by atoms with Crippen molar-refractivity contribution in [2.24, 2.45) is 0 Å². The van der Waals surface area contributed by atoms with Crippen LogP contribution in [0.2, 0.25) is 0 Å². The van der Waals surface area contributed by atoms with Gasteiger partial charge in [0.25, 0.3) is 0 Å². The molecule has 1 aromatic heterocycles. The van der Waals surface area contributed by atoms with Crippen molar-refractivity contribution in [2.45, 2.75) is 51.4 Å². The van der Waals surface area contributed by atoms with Gasteiger partial charge in [0, 0.05) is 11.9 Å². The summed E-state index contributed by atoms with van der Waals surface area (Å²) in [5, 5.41) is 10.2. The number of halogens is 1. The molecule has 1 atom stereocenters. The van der Waals surface area contributed by atoms with Crippen LogP contribution in [0.1, 0.15) is 55.5 Å². The molecule has 0 saturated heterocycles. The van der Waals surface area contributed by atoms with E-state index in [1.54, 1.807) is 6.33 Å². The second-order valence-electron chi connectivity index (χ2n) is 6.83. The van der Waals surface area contributed by atoms with Gasteiger partial charge < -0.3 is 10.1 Å². The highest BCUT2D eigenvalue weighted by atomic mass is 35.5. The zero-order valence-corrected chi connectivity index (χ0v) is 13.6. The van der Waals surface area contributed by atoms with Crippen molar-refractivity contribution >= 4 is 12.4 Å². The predicted molar refractivity (Wildman–Crippen MR) is 87.4 cm³/mol. The lowest BCUT2D eigenvalue weighted by Crippen LogP contribution is -2.12. The molecule has 0 fully saturated rings. The molecule has 0 radical (unpaired) electrons. The van der Waals surface area contributed by atoms with Crippen molar-refractivity contribution in [3.8, 4) is 5.75 Å². The average molecular weight is 307 g/mol. The number of nitrogens with zero attached hydrogens (tertiary/aromatic N) is 1. The zero-order chi connectivity index (χ0) is 14.3. The minimum absolute atomic E-state index is 0. The van der Waals surface area contributed by atoms with E-state index in [0.29, 0.717) is 11.7 Å². The molecule has 0 saturated carbocycles. The topological polar surface area (TPSA) is 48.9 Å². The molecule has 2 aromatic rings. The summed E-state index contributed by atoms with van der Waals surface area (Å²) in [6.07, 6.45) is 6.86. The van der Waals surface area contributed by atoms with Gasteiger partial charge >= 0.3 is 0 Å². The molecule has 114 valence electrons. The van der Waals surface area contributed by atoms with E-state index in [0.717, 1.165) is 24.8 Å². The molecule has 1 aromatic carbocycles. The van der Waals surface area contributed by atoms with Crippen LogP contribution in [0.3, 0.4) is 0 Å². The van der Waals surface area contributed by atoms with Gasteiger partial charge in [-0.3, -0.25) is 0 Å². The number of fused-ring (bicyclic) bond motifs is 1. The number of benzene rings is 1. The highest BCUT2D eigenvalue weighted by Gasteiger charge is 2.27. The van der Waals surface area contributed by atoms with Crippen molar-refractivity contribution in [1.82, 2.24) is 9.97 Å². The Labute approximate surface area is 132 Å². The molecule has 0 amide bonds. The number of imidazole rings is 1. The minimum atomic E-state index is -0.0275. The van der Waals surface area contributed by atoms with Crippen molar-refractivity contribution < 1.29 is 5.11 Å². The first-order valence-corrected chi connectivity index (χ1v) is 7.28. The first kappa shape index (κ1) is 15.9. The van der Waals surface area contributed by atoms with Crippen LogP contribution in [-0.2, 0) is 18.3 Å². The lowest BCUT2D eigenvalue weighted by atomic mass is 9.83. The number of H-pyrrole nitrogens is 1. The zero-order valence-electron chi connectivity index (χ0n) is 12.8. The Bertz CT molecular complexity index is 614. The third kappa shape index (κ3) is 3.08. The van der Waals surface area contributed by atoms with E-state index < -0.39 is 0 Å². The van der Waals surface area contributed by atoms with Gasteiger partial charge in [0.15, 0.2) is 0 Å². The molecular weight excluding hydrogens is 284 g/mol. The predicted octanol–water partition coefficient (Wildman–Crippen LogP) is 4.11. The Morgan fingerprint density at radius 2 is 2.10 bits per heavy atom. The molecule has 2 N–H and O–H groups in total. The van der Waals surface area contributed by atoms with Gasteiger partial charge in [0.2, 0.25) is 0 Å². The van der Waals surface area contributed by atoms with Crippen LogP contribution in [0, 0.1) is 0 Å². The smallest absolute Gasteiger partial charge is 0.119 e. The van der Waals surface area contributed by atoms with Gasteiger partial charge in [-0.1, -0.05) is 26.8 Å². The summed E-state index contributed by atoms with van der Waals surface area (Å²) < 4.78 is 0. The highest BCUT2D eigenvalue weighted by molar-refractivity contribution is 5.85. The Hall–Kier alpha value is -1.48. The van der Waals surface area contributed by atoms with Crippen LogP contribution in [0.15, 0.2) is 24.7 Å². The fraction of sp³-hybridized carbons (Fsp3) is 0.471. The number of aryl methyl sites for hydroxylation is 1. The summed E-state index contributed by atoms with van der Waals surface area (Å²) >= 11 is 0. The van der Waals surface area contributed by atoms with E-state index in [1.165, 1.54) is 16.8 Å². The quantitative estimate of drug-likeness (QED) is 0.877. The van der Waals surface area contributed by atoms with E-state index >= 15 is 0 Å². The molecule has 1 unspecified atom stereocenters. The third-order valence-corrected chi connectivity index (χ3v) is 4.29. The van der Waals surface area contributed by atoms with Crippen molar-refractivity contribution in [3.05, 3.63) is 47.0 Å². The Morgan fingerprint density at radius 1 is 1.33 bits per heavy atom. The molecule has 3 nitrogen and oxygen atoms in total. The summed E-state index contributed by atoms with van der Waals surface area (Å²) in [7, 11) is 0. The monoisotopic (exact) mass is 306 g/mol. The number of phenols is 1. The van der Waals surface area contributed by atoms with Crippen LogP contribution in [0.4, 0.5) is 0 Å². The van der Waals surface area contributed by atoms with E-state index in [-0.39, 0.29) is 17.8 Å². The number of hydrogen-bond acceptors (Lipinski definition) is 2. The number of nitrogens with one attached hydrogen (secondary N) is 1. The Morgan fingerprint density at radius 3 is 2.71 bits per heavy atom. The van der Waals surface area contributed by atoms with Gasteiger partial charge in [-0.15, -0.1) is 12.4 Å². The number of aromatic amines is 1. The van der Waals surface area contributed by atoms with Gasteiger partial charge in [0.1, 0.15) is 5.75 Å².